The minimum Gasteiger partial charge on any atom is -0.381 e. The second kappa shape index (κ2) is 8.01. The van der Waals surface area contributed by atoms with E-state index in [9.17, 15) is 9.59 Å². The molecule has 110 valence electrons. The van der Waals surface area contributed by atoms with E-state index in [4.69, 9.17) is 4.74 Å². The van der Waals surface area contributed by atoms with E-state index in [1.54, 1.807) is 12.1 Å². The predicted octanol–water partition coefficient (Wildman–Crippen LogP) is 1.41. The van der Waals surface area contributed by atoms with Crippen LogP contribution in [0.5, 0.6) is 0 Å². The van der Waals surface area contributed by atoms with Crippen LogP contribution in [0.4, 0.5) is 0 Å². The summed E-state index contributed by atoms with van der Waals surface area (Å²) in [4.78, 5) is 23.7. The third kappa shape index (κ3) is 5.71. The Morgan fingerprint density at radius 2 is 2.20 bits per heavy atom. The van der Waals surface area contributed by atoms with Crippen molar-refractivity contribution in [3.05, 3.63) is 22.4 Å². The molecule has 0 spiro atoms. The van der Waals surface area contributed by atoms with Gasteiger partial charge in [0.25, 0.3) is 5.91 Å². The summed E-state index contributed by atoms with van der Waals surface area (Å²) in [6.45, 7) is 2.13. The van der Waals surface area contributed by atoms with Crippen molar-refractivity contribution < 1.29 is 14.3 Å². The molecule has 0 aliphatic heterocycles. The van der Waals surface area contributed by atoms with Crippen LogP contribution in [0.2, 0.25) is 0 Å². The lowest BCUT2D eigenvalue weighted by Gasteiger charge is -2.06. The molecule has 2 amide bonds. The number of ether oxygens (including phenoxy) is 1. The number of amides is 2. The lowest BCUT2D eigenvalue weighted by atomic mass is 10.4. The van der Waals surface area contributed by atoms with Crippen LogP contribution in [0, 0.1) is 5.92 Å². The van der Waals surface area contributed by atoms with Crippen molar-refractivity contribution in [1.29, 1.82) is 0 Å². The van der Waals surface area contributed by atoms with Crippen molar-refractivity contribution in [2.75, 3.05) is 26.3 Å². The first kappa shape index (κ1) is 15.0. The number of carbonyl (C=O) groups is 2. The minimum atomic E-state index is -0.206. The van der Waals surface area contributed by atoms with Crippen molar-refractivity contribution in [3.63, 3.8) is 0 Å². The van der Waals surface area contributed by atoms with E-state index in [0.29, 0.717) is 18.0 Å². The predicted molar refractivity (Wildman–Crippen MR) is 77.8 cm³/mol. The molecule has 6 heteroatoms. The molecule has 1 aliphatic carbocycles. The lowest BCUT2D eigenvalue weighted by Crippen LogP contribution is -2.37. The van der Waals surface area contributed by atoms with E-state index >= 15 is 0 Å². The maximum absolute atomic E-state index is 11.6. The first-order valence-corrected chi connectivity index (χ1v) is 7.80. The van der Waals surface area contributed by atoms with Gasteiger partial charge in [0.15, 0.2) is 0 Å². The molecule has 0 unspecified atom stereocenters. The molecule has 0 bridgehead atoms. The summed E-state index contributed by atoms with van der Waals surface area (Å²) in [6.07, 6.45) is 3.39. The number of thiophene rings is 1. The second-order valence-corrected chi connectivity index (χ2v) is 5.83. The molecule has 2 N–H and O–H groups in total. The molecular formula is C14H20N2O3S. The highest BCUT2D eigenvalue weighted by Gasteiger charge is 2.20. The molecular weight excluding hydrogens is 276 g/mol. The monoisotopic (exact) mass is 296 g/mol. The number of nitrogens with one attached hydrogen (secondary N) is 2. The molecule has 1 saturated carbocycles. The Morgan fingerprint density at radius 3 is 2.90 bits per heavy atom. The Bertz CT molecular complexity index is 430. The van der Waals surface area contributed by atoms with Crippen LogP contribution < -0.4 is 10.6 Å². The maximum atomic E-state index is 11.6. The Kier molecular flexibility index (Phi) is 6.01. The summed E-state index contributed by atoms with van der Waals surface area (Å²) in [5, 5.41) is 7.18. The fraction of sp³-hybridized carbons (Fsp3) is 0.571. The summed E-state index contributed by atoms with van der Waals surface area (Å²) in [5.41, 5.74) is 0. The summed E-state index contributed by atoms with van der Waals surface area (Å²) in [6, 6.07) is 3.54. The van der Waals surface area contributed by atoms with Crippen LogP contribution in [0.15, 0.2) is 17.5 Å². The molecule has 1 fully saturated rings. The van der Waals surface area contributed by atoms with E-state index in [2.05, 4.69) is 10.6 Å². The Labute approximate surface area is 122 Å². The van der Waals surface area contributed by atoms with Gasteiger partial charge in [-0.1, -0.05) is 6.07 Å². The fourth-order valence-electron chi connectivity index (χ4n) is 1.65. The van der Waals surface area contributed by atoms with Crippen molar-refractivity contribution in [2.24, 2.45) is 5.92 Å². The van der Waals surface area contributed by atoms with E-state index in [-0.39, 0.29) is 18.4 Å². The van der Waals surface area contributed by atoms with Crippen LogP contribution in [0.25, 0.3) is 0 Å². The van der Waals surface area contributed by atoms with Gasteiger partial charge in [0.1, 0.15) is 0 Å². The molecule has 1 aromatic rings. The van der Waals surface area contributed by atoms with E-state index in [0.717, 1.165) is 18.9 Å². The van der Waals surface area contributed by atoms with Gasteiger partial charge in [-0.15, -0.1) is 11.3 Å². The van der Waals surface area contributed by atoms with Gasteiger partial charge in [-0.3, -0.25) is 9.59 Å². The molecule has 1 aliphatic rings. The van der Waals surface area contributed by atoms with Gasteiger partial charge >= 0.3 is 0 Å². The smallest absolute Gasteiger partial charge is 0.261 e. The maximum Gasteiger partial charge on any atom is 0.261 e. The largest absolute Gasteiger partial charge is 0.381 e. The highest BCUT2D eigenvalue weighted by molar-refractivity contribution is 7.12. The molecule has 20 heavy (non-hydrogen) atoms. The van der Waals surface area contributed by atoms with Gasteiger partial charge in [0.2, 0.25) is 5.91 Å². The van der Waals surface area contributed by atoms with Crippen LogP contribution in [-0.2, 0) is 9.53 Å². The first-order chi connectivity index (χ1) is 9.75. The molecule has 0 saturated heterocycles. The van der Waals surface area contributed by atoms with Gasteiger partial charge in [-0.25, -0.2) is 0 Å². The lowest BCUT2D eigenvalue weighted by molar-refractivity contribution is -0.120. The fourth-order valence-corrected chi connectivity index (χ4v) is 2.29. The third-order valence-electron chi connectivity index (χ3n) is 2.99. The highest BCUT2D eigenvalue weighted by atomic mass is 32.1. The molecule has 0 radical (unpaired) electrons. The second-order valence-electron chi connectivity index (χ2n) is 4.88. The molecule has 1 aromatic heterocycles. The van der Waals surface area contributed by atoms with Crippen LogP contribution in [-0.4, -0.2) is 38.1 Å². The molecule has 0 atom stereocenters. The number of carbonyl (C=O) groups excluding carboxylic acids is 2. The van der Waals surface area contributed by atoms with Crippen LogP contribution in [0.3, 0.4) is 0 Å². The SMILES string of the molecule is O=C(CNC(=O)c1cccs1)NCCCOCC1CC1. The summed E-state index contributed by atoms with van der Waals surface area (Å²) >= 11 is 1.36. The van der Waals surface area contributed by atoms with Crippen molar-refractivity contribution in [2.45, 2.75) is 19.3 Å². The van der Waals surface area contributed by atoms with Gasteiger partial charge < -0.3 is 15.4 Å². The van der Waals surface area contributed by atoms with Crippen LogP contribution in [0.1, 0.15) is 28.9 Å². The Hall–Kier alpha value is -1.40. The number of rotatable bonds is 9. The summed E-state index contributed by atoms with van der Waals surface area (Å²) < 4.78 is 5.47. The highest BCUT2D eigenvalue weighted by Crippen LogP contribution is 2.28. The number of hydrogen-bond acceptors (Lipinski definition) is 4. The Morgan fingerprint density at radius 1 is 1.35 bits per heavy atom. The van der Waals surface area contributed by atoms with Crippen molar-refractivity contribution in [1.82, 2.24) is 10.6 Å². The quantitative estimate of drug-likeness (QED) is 0.677. The standard InChI is InChI=1S/C14H20N2O3S/c17-13(9-16-14(18)12-3-1-8-20-12)15-6-2-7-19-10-11-4-5-11/h1,3,8,11H,2,4-7,9-10H2,(H,15,17)(H,16,18). The zero-order chi connectivity index (χ0) is 14.2. The molecule has 1 heterocycles. The van der Waals surface area contributed by atoms with E-state index < -0.39 is 0 Å². The zero-order valence-corrected chi connectivity index (χ0v) is 12.2. The molecule has 2 rings (SSSR count). The van der Waals surface area contributed by atoms with Gasteiger partial charge in [0.05, 0.1) is 11.4 Å². The normalized spacial score (nSPS) is 14.0. The van der Waals surface area contributed by atoms with Gasteiger partial charge in [-0.2, -0.15) is 0 Å². The minimum absolute atomic E-state index is 0.0136. The number of hydrogen-bond donors (Lipinski definition) is 2. The van der Waals surface area contributed by atoms with Crippen molar-refractivity contribution in [3.8, 4) is 0 Å². The zero-order valence-electron chi connectivity index (χ0n) is 11.4. The van der Waals surface area contributed by atoms with Gasteiger partial charge in [0, 0.05) is 19.8 Å². The molecule has 5 nitrogen and oxygen atoms in total. The topological polar surface area (TPSA) is 67.4 Å². The first-order valence-electron chi connectivity index (χ1n) is 6.92. The average Bonchev–Trinajstić information content (AvgIpc) is 3.10. The molecule has 0 aromatic carbocycles. The van der Waals surface area contributed by atoms with Crippen molar-refractivity contribution >= 4 is 23.2 Å². The summed E-state index contributed by atoms with van der Waals surface area (Å²) in [5.74, 6) is 0.400. The third-order valence-corrected chi connectivity index (χ3v) is 3.86. The van der Waals surface area contributed by atoms with E-state index in [1.165, 1.54) is 24.2 Å². The van der Waals surface area contributed by atoms with Gasteiger partial charge in [-0.05, 0) is 36.6 Å². The van der Waals surface area contributed by atoms with E-state index in [1.807, 2.05) is 5.38 Å². The van der Waals surface area contributed by atoms with Crippen LogP contribution >= 0.6 is 11.3 Å². The average molecular weight is 296 g/mol. The summed E-state index contributed by atoms with van der Waals surface area (Å²) in [7, 11) is 0. The Balaban J connectivity index is 1.46.